The van der Waals surface area contributed by atoms with Crippen LogP contribution in [-0.2, 0) is 13.0 Å². The molecule has 3 heteroatoms. The van der Waals surface area contributed by atoms with E-state index in [-0.39, 0.29) is 0 Å². The summed E-state index contributed by atoms with van der Waals surface area (Å²) in [5, 5.41) is 0. The second-order valence-electron chi connectivity index (χ2n) is 5.90. The van der Waals surface area contributed by atoms with Crippen molar-refractivity contribution in [3.63, 3.8) is 0 Å². The summed E-state index contributed by atoms with van der Waals surface area (Å²) < 4.78 is 1.19. The molecule has 0 atom stereocenters. The number of benzene rings is 2. The molecular formula is C18H21BrN2. The summed E-state index contributed by atoms with van der Waals surface area (Å²) >= 11 is 3.64. The van der Waals surface area contributed by atoms with Gasteiger partial charge in [0.25, 0.3) is 0 Å². The van der Waals surface area contributed by atoms with Crippen LogP contribution in [0.25, 0.3) is 0 Å². The Hall–Kier alpha value is -1.48. The Morgan fingerprint density at radius 3 is 2.67 bits per heavy atom. The van der Waals surface area contributed by atoms with Crippen LogP contribution in [0.5, 0.6) is 0 Å². The maximum absolute atomic E-state index is 3.64. The largest absolute Gasteiger partial charge is 0.378 e. The van der Waals surface area contributed by atoms with Gasteiger partial charge in [0.05, 0.1) is 0 Å². The molecule has 0 fully saturated rings. The Kier molecular flexibility index (Phi) is 3.94. The van der Waals surface area contributed by atoms with Crippen molar-refractivity contribution < 1.29 is 0 Å². The van der Waals surface area contributed by atoms with Crippen LogP contribution in [0.2, 0.25) is 0 Å². The van der Waals surface area contributed by atoms with Gasteiger partial charge in [-0.3, -0.25) is 0 Å². The van der Waals surface area contributed by atoms with Gasteiger partial charge in [0.2, 0.25) is 0 Å². The Morgan fingerprint density at radius 1 is 1.10 bits per heavy atom. The molecule has 0 radical (unpaired) electrons. The van der Waals surface area contributed by atoms with Gasteiger partial charge in [0, 0.05) is 43.0 Å². The highest BCUT2D eigenvalue weighted by molar-refractivity contribution is 9.10. The van der Waals surface area contributed by atoms with Crippen molar-refractivity contribution in [3.8, 4) is 0 Å². The number of fused-ring (bicyclic) bond motifs is 1. The first kappa shape index (κ1) is 14.5. The van der Waals surface area contributed by atoms with Crippen LogP contribution in [0.4, 0.5) is 11.4 Å². The molecule has 2 aromatic rings. The number of hydrogen-bond donors (Lipinski definition) is 0. The number of anilines is 2. The molecule has 1 aliphatic heterocycles. The van der Waals surface area contributed by atoms with E-state index in [0.717, 1.165) is 19.5 Å². The number of nitrogens with zero attached hydrogens (tertiary/aromatic N) is 2. The molecule has 0 N–H and O–H groups in total. The Bertz CT molecular complexity index is 664. The Morgan fingerprint density at radius 2 is 1.90 bits per heavy atom. The fourth-order valence-electron chi connectivity index (χ4n) is 2.96. The van der Waals surface area contributed by atoms with E-state index in [1.165, 1.54) is 32.5 Å². The lowest BCUT2D eigenvalue weighted by Crippen LogP contribution is -2.31. The molecule has 1 aliphatic rings. The van der Waals surface area contributed by atoms with Gasteiger partial charge >= 0.3 is 0 Å². The van der Waals surface area contributed by atoms with E-state index in [0.29, 0.717) is 0 Å². The van der Waals surface area contributed by atoms with Gasteiger partial charge in [-0.1, -0.05) is 28.1 Å². The maximum Gasteiger partial charge on any atom is 0.0432 e. The molecule has 21 heavy (non-hydrogen) atoms. The topological polar surface area (TPSA) is 6.48 Å². The molecule has 0 saturated heterocycles. The molecule has 0 unspecified atom stereocenters. The average Bonchev–Trinajstić information content (AvgIpc) is 2.49. The van der Waals surface area contributed by atoms with Crippen LogP contribution in [0.3, 0.4) is 0 Å². The molecule has 0 aromatic heterocycles. The fraction of sp³-hybridized carbons (Fsp3) is 0.333. The molecular weight excluding hydrogens is 324 g/mol. The highest BCUT2D eigenvalue weighted by Gasteiger charge is 2.18. The van der Waals surface area contributed by atoms with Crippen LogP contribution in [0.15, 0.2) is 40.9 Å². The SMILES string of the molecule is Cc1c(Br)cccc1N1CCc2cc(N(C)C)ccc2C1. The lowest BCUT2D eigenvalue weighted by Gasteiger charge is -2.32. The predicted molar refractivity (Wildman–Crippen MR) is 94.4 cm³/mol. The summed E-state index contributed by atoms with van der Waals surface area (Å²) in [7, 11) is 4.20. The lowest BCUT2D eigenvalue weighted by molar-refractivity contribution is 0.729. The van der Waals surface area contributed by atoms with Gasteiger partial charge in [-0.25, -0.2) is 0 Å². The summed E-state index contributed by atoms with van der Waals surface area (Å²) in [4.78, 5) is 4.66. The van der Waals surface area contributed by atoms with Crippen LogP contribution in [0, 0.1) is 6.92 Å². The third kappa shape index (κ3) is 2.80. The first-order valence-corrected chi connectivity index (χ1v) is 8.15. The first-order chi connectivity index (χ1) is 10.1. The van der Waals surface area contributed by atoms with Gasteiger partial charge in [-0.2, -0.15) is 0 Å². The number of hydrogen-bond acceptors (Lipinski definition) is 2. The summed E-state index contributed by atoms with van der Waals surface area (Å²) in [5.74, 6) is 0. The van der Waals surface area contributed by atoms with Crippen molar-refractivity contribution in [2.75, 3.05) is 30.4 Å². The Labute approximate surface area is 135 Å². The predicted octanol–water partition coefficient (Wildman–Crippen LogP) is 4.39. The van der Waals surface area contributed by atoms with Crippen molar-refractivity contribution >= 4 is 27.3 Å². The fourth-order valence-corrected chi connectivity index (χ4v) is 3.32. The van der Waals surface area contributed by atoms with E-state index < -0.39 is 0 Å². The third-order valence-electron chi connectivity index (χ3n) is 4.30. The molecule has 0 saturated carbocycles. The molecule has 110 valence electrons. The molecule has 1 heterocycles. The lowest BCUT2D eigenvalue weighted by atomic mass is 9.98. The van der Waals surface area contributed by atoms with Crippen LogP contribution in [0.1, 0.15) is 16.7 Å². The van der Waals surface area contributed by atoms with Crippen LogP contribution < -0.4 is 9.80 Å². The van der Waals surface area contributed by atoms with Gasteiger partial charge in [0.1, 0.15) is 0 Å². The van der Waals surface area contributed by atoms with Crippen molar-refractivity contribution in [2.45, 2.75) is 19.9 Å². The zero-order valence-electron chi connectivity index (χ0n) is 12.9. The molecule has 2 nitrogen and oxygen atoms in total. The quantitative estimate of drug-likeness (QED) is 0.797. The highest BCUT2D eigenvalue weighted by Crippen LogP contribution is 2.31. The van der Waals surface area contributed by atoms with E-state index in [2.05, 4.69) is 83.1 Å². The monoisotopic (exact) mass is 344 g/mol. The van der Waals surface area contributed by atoms with E-state index in [4.69, 9.17) is 0 Å². The minimum absolute atomic E-state index is 1.00. The second-order valence-corrected chi connectivity index (χ2v) is 6.76. The van der Waals surface area contributed by atoms with E-state index in [1.54, 1.807) is 0 Å². The molecule has 0 amide bonds. The zero-order valence-corrected chi connectivity index (χ0v) is 14.4. The van der Waals surface area contributed by atoms with E-state index in [9.17, 15) is 0 Å². The first-order valence-electron chi connectivity index (χ1n) is 7.35. The van der Waals surface area contributed by atoms with E-state index >= 15 is 0 Å². The highest BCUT2D eigenvalue weighted by atomic mass is 79.9. The molecule has 0 bridgehead atoms. The Balaban J connectivity index is 1.89. The summed E-state index contributed by atoms with van der Waals surface area (Å²) in [6.45, 7) is 4.27. The van der Waals surface area contributed by atoms with Gasteiger partial charge in [-0.15, -0.1) is 0 Å². The van der Waals surface area contributed by atoms with Crippen LogP contribution in [-0.4, -0.2) is 20.6 Å². The normalized spacial score (nSPS) is 14.0. The van der Waals surface area contributed by atoms with Crippen molar-refractivity contribution in [1.82, 2.24) is 0 Å². The zero-order chi connectivity index (χ0) is 15.0. The molecule has 3 rings (SSSR count). The van der Waals surface area contributed by atoms with Crippen LogP contribution >= 0.6 is 15.9 Å². The summed E-state index contributed by atoms with van der Waals surface area (Å²) in [5.41, 5.74) is 6.90. The maximum atomic E-state index is 3.64. The summed E-state index contributed by atoms with van der Waals surface area (Å²) in [6, 6.07) is 13.3. The molecule has 2 aromatic carbocycles. The average molecular weight is 345 g/mol. The molecule has 0 spiro atoms. The van der Waals surface area contributed by atoms with Gasteiger partial charge < -0.3 is 9.80 Å². The standard InChI is InChI=1S/C18H21BrN2/c1-13-17(19)5-4-6-18(13)21-10-9-14-11-16(20(2)3)8-7-15(14)12-21/h4-8,11H,9-10,12H2,1-3H3. The second kappa shape index (κ2) is 5.72. The van der Waals surface area contributed by atoms with E-state index in [1.807, 2.05) is 0 Å². The summed E-state index contributed by atoms with van der Waals surface area (Å²) in [6.07, 6.45) is 1.11. The minimum atomic E-state index is 1.00. The van der Waals surface area contributed by atoms with Gasteiger partial charge in [0.15, 0.2) is 0 Å². The number of rotatable bonds is 2. The minimum Gasteiger partial charge on any atom is -0.378 e. The molecule has 0 aliphatic carbocycles. The van der Waals surface area contributed by atoms with Crippen molar-refractivity contribution in [1.29, 1.82) is 0 Å². The number of halogens is 1. The smallest absolute Gasteiger partial charge is 0.0432 e. The third-order valence-corrected chi connectivity index (χ3v) is 5.16. The van der Waals surface area contributed by atoms with Crippen molar-refractivity contribution in [3.05, 3.63) is 57.6 Å². The van der Waals surface area contributed by atoms with Gasteiger partial charge in [-0.05, 0) is 54.3 Å². The van der Waals surface area contributed by atoms with Crippen molar-refractivity contribution in [2.24, 2.45) is 0 Å².